The van der Waals surface area contributed by atoms with Crippen LogP contribution in [-0.2, 0) is 0 Å². The highest BCUT2D eigenvalue weighted by Crippen LogP contribution is 2.32. The van der Waals surface area contributed by atoms with E-state index in [9.17, 15) is 0 Å². The molecule has 0 N–H and O–H groups in total. The fourth-order valence-corrected chi connectivity index (χ4v) is 2.84. The van der Waals surface area contributed by atoms with Gasteiger partial charge in [-0.3, -0.25) is 9.97 Å². The van der Waals surface area contributed by atoms with Crippen LogP contribution < -0.4 is 0 Å². The van der Waals surface area contributed by atoms with Gasteiger partial charge in [-0.15, -0.1) is 10.2 Å². The van der Waals surface area contributed by atoms with Crippen molar-refractivity contribution >= 4 is 15.9 Å². The van der Waals surface area contributed by atoms with Crippen molar-refractivity contribution < 1.29 is 0 Å². The largest absolute Gasteiger partial charge is 0.255 e. The lowest BCUT2D eigenvalue weighted by Crippen LogP contribution is -1.97. The summed E-state index contributed by atoms with van der Waals surface area (Å²) in [6, 6.07) is 21.7. The predicted octanol–water partition coefficient (Wildman–Crippen LogP) is 5.03. The molecule has 0 aliphatic carbocycles. The van der Waals surface area contributed by atoms with E-state index in [2.05, 4.69) is 48.2 Å². The summed E-state index contributed by atoms with van der Waals surface area (Å²) >= 11 is 3.48. The van der Waals surface area contributed by atoms with Gasteiger partial charge in [0.25, 0.3) is 0 Å². The maximum Gasteiger partial charge on any atom is 0.119 e. The minimum atomic E-state index is 0.734. The predicted molar refractivity (Wildman–Crippen MR) is 102 cm³/mol. The van der Waals surface area contributed by atoms with Crippen LogP contribution in [0.5, 0.6) is 0 Å². The van der Waals surface area contributed by atoms with Gasteiger partial charge in [-0.05, 0) is 48.0 Å². The van der Waals surface area contributed by atoms with Crippen molar-refractivity contribution in [2.75, 3.05) is 0 Å². The molecule has 0 atom stereocenters. The molecule has 0 saturated carbocycles. The second kappa shape index (κ2) is 6.91. The van der Waals surface area contributed by atoms with Crippen LogP contribution in [-0.4, -0.2) is 20.2 Å². The number of hydrogen-bond acceptors (Lipinski definition) is 4. The van der Waals surface area contributed by atoms with E-state index in [1.165, 1.54) is 0 Å². The lowest BCUT2D eigenvalue weighted by molar-refractivity contribution is 1.03. The van der Waals surface area contributed by atoms with Crippen LogP contribution in [0, 0.1) is 0 Å². The Morgan fingerprint density at radius 3 is 1.96 bits per heavy atom. The Kier molecular flexibility index (Phi) is 4.31. The third-order valence-corrected chi connectivity index (χ3v) is 4.31. The number of benzene rings is 1. The molecule has 4 rings (SSSR count). The molecule has 0 aliphatic rings. The van der Waals surface area contributed by atoms with Crippen LogP contribution >= 0.6 is 15.9 Å². The molecule has 0 unspecified atom stereocenters. The molecule has 3 aromatic heterocycles. The molecule has 25 heavy (non-hydrogen) atoms. The smallest absolute Gasteiger partial charge is 0.119 e. The first-order valence-corrected chi connectivity index (χ1v) is 8.57. The van der Waals surface area contributed by atoms with Crippen molar-refractivity contribution in [2.45, 2.75) is 0 Å². The second-order valence-corrected chi connectivity index (χ2v) is 6.34. The Morgan fingerprint density at radius 1 is 0.640 bits per heavy atom. The lowest BCUT2D eigenvalue weighted by Gasteiger charge is -2.10. The Labute approximate surface area is 153 Å². The highest BCUT2D eigenvalue weighted by molar-refractivity contribution is 9.10. The SMILES string of the molecule is Brc1ccc(-c2cc(-c3ccccn3)nnc2-c2ccccn2)cc1. The van der Waals surface area contributed by atoms with E-state index in [4.69, 9.17) is 0 Å². The molecule has 0 spiro atoms. The van der Waals surface area contributed by atoms with Gasteiger partial charge in [0.2, 0.25) is 0 Å². The molecule has 3 heterocycles. The average Bonchev–Trinajstić information content (AvgIpc) is 2.69. The highest BCUT2D eigenvalue weighted by atomic mass is 79.9. The maximum absolute atomic E-state index is 4.46. The number of aromatic nitrogens is 4. The fourth-order valence-electron chi connectivity index (χ4n) is 2.57. The Balaban J connectivity index is 1.91. The number of pyridine rings is 2. The van der Waals surface area contributed by atoms with Crippen LogP contribution in [0.15, 0.2) is 83.6 Å². The minimum absolute atomic E-state index is 0.734. The van der Waals surface area contributed by atoms with Crippen LogP contribution in [0.1, 0.15) is 0 Å². The van der Waals surface area contributed by atoms with Gasteiger partial charge in [0.1, 0.15) is 11.4 Å². The van der Waals surface area contributed by atoms with Crippen LogP contribution in [0.25, 0.3) is 33.9 Å². The van der Waals surface area contributed by atoms with Gasteiger partial charge in [-0.1, -0.05) is 40.2 Å². The number of rotatable bonds is 3. The standard InChI is InChI=1S/C20H13BrN4/c21-15-9-7-14(8-10-15)16-13-19(17-5-1-3-11-22-17)24-25-20(16)18-6-2-4-12-23-18/h1-13H. The zero-order chi connectivity index (χ0) is 17.1. The van der Waals surface area contributed by atoms with E-state index in [0.717, 1.165) is 38.4 Å². The van der Waals surface area contributed by atoms with E-state index >= 15 is 0 Å². The monoisotopic (exact) mass is 388 g/mol. The summed E-state index contributed by atoms with van der Waals surface area (Å²) in [6.07, 6.45) is 3.51. The second-order valence-electron chi connectivity index (χ2n) is 5.43. The number of halogens is 1. The molecule has 4 aromatic rings. The summed E-state index contributed by atoms with van der Waals surface area (Å²) in [4.78, 5) is 8.80. The topological polar surface area (TPSA) is 51.6 Å². The number of nitrogens with zero attached hydrogens (tertiary/aromatic N) is 4. The normalized spacial score (nSPS) is 10.6. The van der Waals surface area contributed by atoms with Gasteiger partial charge in [0, 0.05) is 22.4 Å². The highest BCUT2D eigenvalue weighted by Gasteiger charge is 2.14. The molecule has 0 bridgehead atoms. The molecule has 1 aromatic carbocycles. The van der Waals surface area contributed by atoms with E-state index in [-0.39, 0.29) is 0 Å². The quantitative estimate of drug-likeness (QED) is 0.493. The van der Waals surface area contributed by atoms with Gasteiger partial charge in [0.15, 0.2) is 0 Å². The van der Waals surface area contributed by atoms with Crippen molar-refractivity contribution in [1.29, 1.82) is 0 Å². The van der Waals surface area contributed by atoms with Crippen molar-refractivity contribution in [3.63, 3.8) is 0 Å². The summed E-state index contributed by atoms with van der Waals surface area (Å²) in [5.74, 6) is 0. The molecular weight excluding hydrogens is 376 g/mol. The van der Waals surface area contributed by atoms with E-state index in [1.807, 2.05) is 54.6 Å². The third kappa shape index (κ3) is 3.32. The van der Waals surface area contributed by atoms with Crippen molar-refractivity contribution in [3.8, 4) is 33.9 Å². The molecular formula is C20H13BrN4. The van der Waals surface area contributed by atoms with Crippen LogP contribution in [0.4, 0.5) is 0 Å². The molecule has 4 nitrogen and oxygen atoms in total. The van der Waals surface area contributed by atoms with Crippen LogP contribution in [0.2, 0.25) is 0 Å². The van der Waals surface area contributed by atoms with Gasteiger partial charge in [-0.25, -0.2) is 0 Å². The third-order valence-electron chi connectivity index (χ3n) is 3.78. The van der Waals surface area contributed by atoms with E-state index in [1.54, 1.807) is 12.4 Å². The molecule has 0 saturated heterocycles. The first kappa shape index (κ1) is 15.6. The van der Waals surface area contributed by atoms with Crippen molar-refractivity contribution in [2.24, 2.45) is 0 Å². The molecule has 0 aliphatic heterocycles. The first-order chi connectivity index (χ1) is 12.3. The van der Waals surface area contributed by atoms with Crippen molar-refractivity contribution in [3.05, 3.63) is 83.6 Å². The summed E-state index contributed by atoms with van der Waals surface area (Å²) in [5, 5.41) is 8.83. The maximum atomic E-state index is 4.46. The van der Waals surface area contributed by atoms with Gasteiger partial charge < -0.3 is 0 Å². The van der Waals surface area contributed by atoms with Crippen LogP contribution in [0.3, 0.4) is 0 Å². The Bertz CT molecular complexity index is 987. The van der Waals surface area contributed by atoms with E-state index in [0.29, 0.717) is 0 Å². The average molecular weight is 389 g/mol. The van der Waals surface area contributed by atoms with E-state index < -0.39 is 0 Å². The zero-order valence-corrected chi connectivity index (χ0v) is 14.8. The summed E-state index contributed by atoms with van der Waals surface area (Å²) in [6.45, 7) is 0. The molecule has 0 radical (unpaired) electrons. The Hall–Kier alpha value is -2.92. The van der Waals surface area contributed by atoms with Crippen molar-refractivity contribution in [1.82, 2.24) is 20.2 Å². The molecule has 0 fully saturated rings. The fraction of sp³-hybridized carbons (Fsp3) is 0. The summed E-state index contributed by atoms with van der Waals surface area (Å²) in [5.41, 5.74) is 5.10. The van der Waals surface area contributed by atoms with Gasteiger partial charge in [-0.2, -0.15) is 0 Å². The molecule has 5 heteroatoms. The van der Waals surface area contributed by atoms with Gasteiger partial charge >= 0.3 is 0 Å². The summed E-state index contributed by atoms with van der Waals surface area (Å²) < 4.78 is 1.03. The van der Waals surface area contributed by atoms with Gasteiger partial charge in [0.05, 0.1) is 11.4 Å². The first-order valence-electron chi connectivity index (χ1n) is 7.78. The molecule has 0 amide bonds. The zero-order valence-electron chi connectivity index (χ0n) is 13.2. The lowest BCUT2D eigenvalue weighted by atomic mass is 10.0. The molecule has 120 valence electrons. The number of hydrogen-bond donors (Lipinski definition) is 0. The summed E-state index contributed by atoms with van der Waals surface area (Å²) in [7, 11) is 0. The Morgan fingerprint density at radius 2 is 1.32 bits per heavy atom. The minimum Gasteiger partial charge on any atom is -0.255 e.